The Balaban J connectivity index is 1.40. The van der Waals surface area contributed by atoms with E-state index in [0.29, 0.717) is 24.1 Å². The van der Waals surface area contributed by atoms with Gasteiger partial charge in [0.25, 0.3) is 5.91 Å². The molecule has 0 unspecified atom stereocenters. The fourth-order valence-corrected chi connectivity index (χ4v) is 4.46. The van der Waals surface area contributed by atoms with Gasteiger partial charge in [-0.2, -0.15) is 0 Å². The maximum absolute atomic E-state index is 12.8. The summed E-state index contributed by atoms with van der Waals surface area (Å²) >= 11 is 1.69. The van der Waals surface area contributed by atoms with Crippen molar-refractivity contribution in [3.05, 3.63) is 62.4 Å². The first-order chi connectivity index (χ1) is 13.8. The van der Waals surface area contributed by atoms with E-state index in [1.165, 1.54) is 6.07 Å². The second kappa shape index (κ2) is 7.72. The third-order valence-corrected chi connectivity index (χ3v) is 6.02. The van der Waals surface area contributed by atoms with Crippen molar-refractivity contribution >= 4 is 28.2 Å². The van der Waals surface area contributed by atoms with Gasteiger partial charge in [0.15, 0.2) is 11.2 Å². The lowest BCUT2D eigenvalue weighted by atomic mass is 9.93. The molecule has 2 aromatic heterocycles. The minimum atomic E-state index is -0.225. The van der Waals surface area contributed by atoms with Crippen molar-refractivity contribution in [1.29, 1.82) is 0 Å². The van der Waals surface area contributed by atoms with Crippen molar-refractivity contribution in [2.24, 2.45) is 0 Å². The van der Waals surface area contributed by atoms with Crippen LogP contribution in [-0.4, -0.2) is 46.9 Å². The number of carbonyl (C=O) groups excluding carboxylic acids is 1. The quantitative estimate of drug-likeness (QED) is 0.660. The standard InChI is InChI=1S/C22H25N3O3S/c1-22(2,3)19-14-29-20(23-19)13-24-8-10-25(11-9-24)21(27)18-12-16(26)15-6-4-5-7-17(15)28-18/h4-7,12,14H,8-11,13H2,1-3H3. The minimum Gasteiger partial charge on any atom is -0.451 e. The molecule has 0 atom stereocenters. The average Bonchev–Trinajstić information content (AvgIpc) is 3.17. The molecule has 3 heterocycles. The summed E-state index contributed by atoms with van der Waals surface area (Å²) in [5, 5.41) is 3.73. The summed E-state index contributed by atoms with van der Waals surface area (Å²) in [5.41, 5.74) is 1.44. The van der Waals surface area contributed by atoms with Crippen molar-refractivity contribution in [2.75, 3.05) is 26.2 Å². The van der Waals surface area contributed by atoms with Crippen LogP contribution in [0.4, 0.5) is 0 Å². The van der Waals surface area contributed by atoms with E-state index >= 15 is 0 Å². The number of amides is 1. The molecule has 6 nitrogen and oxygen atoms in total. The highest BCUT2D eigenvalue weighted by Gasteiger charge is 2.25. The molecule has 4 rings (SSSR count). The van der Waals surface area contributed by atoms with Gasteiger partial charge >= 0.3 is 0 Å². The number of para-hydroxylation sites is 1. The Hall–Kier alpha value is -2.51. The first-order valence-corrected chi connectivity index (χ1v) is 10.7. The lowest BCUT2D eigenvalue weighted by Crippen LogP contribution is -2.48. The van der Waals surface area contributed by atoms with Crippen LogP contribution < -0.4 is 5.43 Å². The number of carbonyl (C=O) groups is 1. The zero-order chi connectivity index (χ0) is 20.6. The molecule has 1 aliphatic heterocycles. The van der Waals surface area contributed by atoms with E-state index in [-0.39, 0.29) is 22.5 Å². The molecule has 0 spiro atoms. The number of rotatable bonds is 3. The van der Waals surface area contributed by atoms with Crippen LogP contribution in [0.15, 0.2) is 44.9 Å². The molecule has 1 aliphatic rings. The second-order valence-corrected chi connectivity index (χ2v) is 9.36. The molecule has 1 saturated heterocycles. The maximum atomic E-state index is 12.8. The third kappa shape index (κ3) is 4.26. The Morgan fingerprint density at radius 2 is 1.90 bits per heavy atom. The van der Waals surface area contributed by atoms with E-state index in [2.05, 4.69) is 31.1 Å². The second-order valence-electron chi connectivity index (χ2n) is 8.42. The van der Waals surface area contributed by atoms with E-state index in [0.717, 1.165) is 30.3 Å². The number of hydrogen-bond donors (Lipinski definition) is 0. The SMILES string of the molecule is CC(C)(C)c1csc(CN2CCN(C(=O)c3cc(=O)c4ccccc4o3)CC2)n1. The minimum absolute atomic E-state index is 0.0592. The Morgan fingerprint density at radius 3 is 2.59 bits per heavy atom. The molecular formula is C22H25N3O3S. The van der Waals surface area contributed by atoms with Crippen LogP contribution in [0.5, 0.6) is 0 Å². The number of aromatic nitrogens is 1. The van der Waals surface area contributed by atoms with E-state index in [1.807, 2.05) is 0 Å². The van der Waals surface area contributed by atoms with Gasteiger partial charge < -0.3 is 9.32 Å². The van der Waals surface area contributed by atoms with Crippen LogP contribution >= 0.6 is 11.3 Å². The fourth-order valence-electron chi connectivity index (χ4n) is 3.39. The van der Waals surface area contributed by atoms with Gasteiger partial charge in [-0.25, -0.2) is 4.98 Å². The van der Waals surface area contributed by atoms with Gasteiger partial charge in [0.1, 0.15) is 10.6 Å². The summed E-state index contributed by atoms with van der Waals surface area (Å²) in [6.07, 6.45) is 0. The van der Waals surface area contributed by atoms with Gasteiger partial charge in [-0.1, -0.05) is 32.9 Å². The van der Waals surface area contributed by atoms with Gasteiger partial charge in [-0.3, -0.25) is 14.5 Å². The Morgan fingerprint density at radius 1 is 1.17 bits per heavy atom. The molecule has 0 N–H and O–H groups in total. The van der Waals surface area contributed by atoms with Crippen molar-refractivity contribution in [1.82, 2.24) is 14.8 Å². The molecule has 0 radical (unpaired) electrons. The summed E-state index contributed by atoms with van der Waals surface area (Å²) in [7, 11) is 0. The first kappa shape index (κ1) is 19.8. The van der Waals surface area contributed by atoms with Crippen molar-refractivity contribution in [2.45, 2.75) is 32.7 Å². The summed E-state index contributed by atoms with van der Waals surface area (Å²) in [6.45, 7) is 10.1. The van der Waals surface area contributed by atoms with Crippen molar-refractivity contribution < 1.29 is 9.21 Å². The third-order valence-electron chi connectivity index (χ3n) is 5.18. The predicted molar refractivity (Wildman–Crippen MR) is 114 cm³/mol. The highest BCUT2D eigenvalue weighted by Crippen LogP contribution is 2.25. The molecule has 1 aromatic carbocycles. The number of thiazole rings is 1. The molecule has 0 aliphatic carbocycles. The van der Waals surface area contributed by atoms with Gasteiger partial charge in [0, 0.05) is 43.0 Å². The Kier molecular flexibility index (Phi) is 5.27. The zero-order valence-electron chi connectivity index (χ0n) is 17.0. The van der Waals surface area contributed by atoms with E-state index < -0.39 is 0 Å². The highest BCUT2D eigenvalue weighted by atomic mass is 32.1. The number of benzene rings is 1. The van der Waals surface area contributed by atoms with E-state index in [1.54, 1.807) is 40.5 Å². The average molecular weight is 412 g/mol. The largest absolute Gasteiger partial charge is 0.451 e. The molecule has 1 fully saturated rings. The van der Waals surface area contributed by atoms with E-state index in [9.17, 15) is 9.59 Å². The van der Waals surface area contributed by atoms with Gasteiger partial charge in [0.2, 0.25) is 0 Å². The molecule has 3 aromatic rings. The van der Waals surface area contributed by atoms with Crippen LogP contribution in [0.3, 0.4) is 0 Å². The highest BCUT2D eigenvalue weighted by molar-refractivity contribution is 7.09. The molecule has 1 amide bonds. The molecule has 0 bridgehead atoms. The molecular weight excluding hydrogens is 386 g/mol. The molecule has 152 valence electrons. The number of fused-ring (bicyclic) bond motifs is 1. The lowest BCUT2D eigenvalue weighted by Gasteiger charge is -2.33. The smallest absolute Gasteiger partial charge is 0.289 e. The summed E-state index contributed by atoms with van der Waals surface area (Å²) in [4.78, 5) is 33.9. The van der Waals surface area contributed by atoms with Crippen LogP contribution in [0, 0.1) is 0 Å². The van der Waals surface area contributed by atoms with Gasteiger partial charge in [-0.15, -0.1) is 11.3 Å². The first-order valence-electron chi connectivity index (χ1n) is 9.81. The Labute approximate surface area is 173 Å². The molecule has 29 heavy (non-hydrogen) atoms. The van der Waals surface area contributed by atoms with Crippen LogP contribution in [-0.2, 0) is 12.0 Å². The zero-order valence-corrected chi connectivity index (χ0v) is 17.8. The number of piperazine rings is 1. The summed E-state index contributed by atoms with van der Waals surface area (Å²) in [6, 6.07) is 8.30. The number of nitrogens with zero attached hydrogens (tertiary/aromatic N) is 3. The lowest BCUT2D eigenvalue weighted by molar-refractivity contribution is 0.0598. The van der Waals surface area contributed by atoms with Crippen molar-refractivity contribution in [3.63, 3.8) is 0 Å². The topological polar surface area (TPSA) is 66.7 Å². The number of hydrogen-bond acceptors (Lipinski definition) is 6. The maximum Gasteiger partial charge on any atom is 0.289 e. The van der Waals surface area contributed by atoms with Crippen LogP contribution in [0.2, 0.25) is 0 Å². The normalized spacial score (nSPS) is 15.8. The van der Waals surface area contributed by atoms with Crippen LogP contribution in [0.1, 0.15) is 42.0 Å². The van der Waals surface area contributed by atoms with Crippen LogP contribution in [0.25, 0.3) is 11.0 Å². The van der Waals surface area contributed by atoms with E-state index in [4.69, 9.17) is 9.40 Å². The van der Waals surface area contributed by atoms with Crippen molar-refractivity contribution in [3.8, 4) is 0 Å². The molecule has 0 saturated carbocycles. The predicted octanol–water partition coefficient (Wildman–Crippen LogP) is 3.51. The Bertz CT molecular complexity index is 1090. The monoisotopic (exact) mass is 411 g/mol. The fraction of sp³-hybridized carbons (Fsp3) is 0.409. The van der Waals surface area contributed by atoms with Gasteiger partial charge in [-0.05, 0) is 12.1 Å². The molecule has 7 heteroatoms. The van der Waals surface area contributed by atoms with Gasteiger partial charge in [0.05, 0.1) is 17.6 Å². The summed E-state index contributed by atoms with van der Waals surface area (Å²) in [5.74, 6) is -0.117. The summed E-state index contributed by atoms with van der Waals surface area (Å²) < 4.78 is 5.70.